The zero-order valence-corrected chi connectivity index (χ0v) is 11.4. The number of rotatable bonds is 3. The average molecular weight is 279 g/mol. The second kappa shape index (κ2) is 5.63. The number of pyridine rings is 1. The van der Waals surface area contributed by atoms with Gasteiger partial charge in [0.05, 0.1) is 12.7 Å². The molecule has 1 aromatic carbocycles. The summed E-state index contributed by atoms with van der Waals surface area (Å²) >= 11 is 0. The number of ether oxygens (including phenoxy) is 2. The van der Waals surface area contributed by atoms with Crippen molar-refractivity contribution in [3.63, 3.8) is 0 Å². The van der Waals surface area contributed by atoms with E-state index in [0.29, 0.717) is 11.3 Å². The number of cyclic esters (lactones) is 1. The van der Waals surface area contributed by atoms with Crippen molar-refractivity contribution in [3.8, 4) is 5.75 Å². The molecule has 104 valence electrons. The van der Waals surface area contributed by atoms with E-state index in [0.717, 1.165) is 16.9 Å². The van der Waals surface area contributed by atoms with E-state index >= 15 is 0 Å². The zero-order chi connectivity index (χ0) is 14.7. The molecule has 0 N–H and O–H groups in total. The Bertz CT molecular complexity index is 715. The zero-order valence-electron chi connectivity index (χ0n) is 11.4. The van der Waals surface area contributed by atoms with E-state index < -0.39 is 0 Å². The first kappa shape index (κ1) is 13.1. The SMILES string of the molecule is COc1ccc(C2=C/C(=C/c3cccnc3)C(=O)O2)cc1. The molecule has 4 heteroatoms. The minimum absolute atomic E-state index is 0.357. The van der Waals surface area contributed by atoms with Crippen molar-refractivity contribution in [1.82, 2.24) is 4.98 Å². The van der Waals surface area contributed by atoms with Crippen LogP contribution in [0.5, 0.6) is 5.75 Å². The van der Waals surface area contributed by atoms with Gasteiger partial charge < -0.3 is 9.47 Å². The first-order valence-corrected chi connectivity index (χ1v) is 6.46. The van der Waals surface area contributed by atoms with Crippen LogP contribution in [0.25, 0.3) is 11.8 Å². The first-order valence-electron chi connectivity index (χ1n) is 6.46. The average Bonchev–Trinajstić information content (AvgIpc) is 2.89. The van der Waals surface area contributed by atoms with Crippen molar-refractivity contribution in [2.45, 2.75) is 0 Å². The Hall–Kier alpha value is -2.88. The van der Waals surface area contributed by atoms with Gasteiger partial charge in [0.25, 0.3) is 0 Å². The van der Waals surface area contributed by atoms with Crippen LogP contribution in [0.15, 0.2) is 60.4 Å². The summed E-state index contributed by atoms with van der Waals surface area (Å²) in [5.41, 5.74) is 2.20. The minimum Gasteiger partial charge on any atom is -0.497 e. The topological polar surface area (TPSA) is 48.4 Å². The van der Waals surface area contributed by atoms with Gasteiger partial charge in [-0.25, -0.2) is 4.79 Å². The molecule has 0 bridgehead atoms. The second-order valence-corrected chi connectivity index (χ2v) is 4.51. The molecule has 4 nitrogen and oxygen atoms in total. The lowest BCUT2D eigenvalue weighted by molar-refractivity contribution is -0.130. The summed E-state index contributed by atoms with van der Waals surface area (Å²) in [4.78, 5) is 15.9. The summed E-state index contributed by atoms with van der Waals surface area (Å²) in [6.07, 6.45) is 6.87. The quantitative estimate of drug-likeness (QED) is 0.640. The standard InChI is InChI=1S/C17H13NO3/c1-20-15-6-4-13(5-7-15)16-10-14(17(19)21-16)9-12-3-2-8-18-11-12/h2-11H,1H3/b14-9-. The third-order valence-corrected chi connectivity index (χ3v) is 3.11. The Morgan fingerprint density at radius 2 is 2.00 bits per heavy atom. The monoisotopic (exact) mass is 279 g/mol. The molecule has 1 aromatic heterocycles. The summed E-state index contributed by atoms with van der Waals surface area (Å²) in [5, 5.41) is 0. The van der Waals surface area contributed by atoms with Crippen molar-refractivity contribution in [2.75, 3.05) is 7.11 Å². The van der Waals surface area contributed by atoms with E-state index in [1.807, 2.05) is 36.4 Å². The number of hydrogen-bond donors (Lipinski definition) is 0. The van der Waals surface area contributed by atoms with Crippen molar-refractivity contribution < 1.29 is 14.3 Å². The summed E-state index contributed by atoms with van der Waals surface area (Å²) in [5.74, 6) is 0.942. The fourth-order valence-electron chi connectivity index (χ4n) is 2.03. The van der Waals surface area contributed by atoms with Gasteiger partial charge in [-0.05, 0) is 48.0 Å². The van der Waals surface area contributed by atoms with E-state index in [1.54, 1.807) is 31.7 Å². The Morgan fingerprint density at radius 3 is 2.67 bits per heavy atom. The number of esters is 1. The van der Waals surface area contributed by atoms with Gasteiger partial charge >= 0.3 is 5.97 Å². The number of carbonyl (C=O) groups excluding carboxylic acids is 1. The highest BCUT2D eigenvalue weighted by molar-refractivity contribution is 6.05. The molecule has 0 fully saturated rings. The molecule has 0 spiro atoms. The predicted molar refractivity (Wildman–Crippen MR) is 79.3 cm³/mol. The number of carbonyl (C=O) groups is 1. The minimum atomic E-state index is -0.357. The Morgan fingerprint density at radius 1 is 1.19 bits per heavy atom. The van der Waals surface area contributed by atoms with E-state index in [4.69, 9.17) is 9.47 Å². The number of benzene rings is 1. The van der Waals surface area contributed by atoms with Crippen LogP contribution in [0.2, 0.25) is 0 Å². The lowest BCUT2D eigenvalue weighted by atomic mass is 10.1. The predicted octanol–water partition coefficient (Wildman–Crippen LogP) is 3.07. The third-order valence-electron chi connectivity index (χ3n) is 3.11. The normalized spacial score (nSPS) is 15.8. The van der Waals surface area contributed by atoms with Crippen LogP contribution in [0.4, 0.5) is 0 Å². The fraction of sp³-hybridized carbons (Fsp3) is 0.0588. The molecule has 0 radical (unpaired) electrons. The number of nitrogens with zero attached hydrogens (tertiary/aromatic N) is 1. The van der Waals surface area contributed by atoms with Gasteiger partial charge in [0.15, 0.2) is 0 Å². The Labute approximate surface area is 122 Å². The van der Waals surface area contributed by atoms with Gasteiger partial charge in [0, 0.05) is 18.0 Å². The number of methoxy groups -OCH3 is 1. The molecular formula is C17H13NO3. The van der Waals surface area contributed by atoms with E-state index in [9.17, 15) is 4.79 Å². The van der Waals surface area contributed by atoms with Gasteiger partial charge in [-0.15, -0.1) is 0 Å². The van der Waals surface area contributed by atoms with Gasteiger partial charge in [-0.1, -0.05) is 6.07 Å². The maximum atomic E-state index is 11.9. The molecule has 0 aliphatic carbocycles. The largest absolute Gasteiger partial charge is 0.497 e. The molecule has 0 atom stereocenters. The summed E-state index contributed by atoms with van der Waals surface area (Å²) in [6, 6.07) is 11.1. The van der Waals surface area contributed by atoms with Crippen molar-refractivity contribution >= 4 is 17.8 Å². The van der Waals surface area contributed by atoms with Crippen LogP contribution in [0.3, 0.4) is 0 Å². The maximum Gasteiger partial charge on any atom is 0.343 e. The van der Waals surface area contributed by atoms with E-state index in [1.165, 1.54) is 0 Å². The van der Waals surface area contributed by atoms with Gasteiger partial charge in [0.1, 0.15) is 11.5 Å². The fourth-order valence-corrected chi connectivity index (χ4v) is 2.03. The van der Waals surface area contributed by atoms with Crippen LogP contribution >= 0.6 is 0 Å². The van der Waals surface area contributed by atoms with Crippen LogP contribution in [-0.2, 0) is 9.53 Å². The van der Waals surface area contributed by atoms with Crippen LogP contribution in [0.1, 0.15) is 11.1 Å². The maximum absolute atomic E-state index is 11.9. The molecule has 0 amide bonds. The Kier molecular flexibility index (Phi) is 3.51. The van der Waals surface area contributed by atoms with Crippen molar-refractivity contribution in [1.29, 1.82) is 0 Å². The molecular weight excluding hydrogens is 266 g/mol. The number of aromatic nitrogens is 1. The molecule has 2 aromatic rings. The molecule has 0 saturated carbocycles. The lowest BCUT2D eigenvalue weighted by Gasteiger charge is -2.03. The van der Waals surface area contributed by atoms with E-state index in [-0.39, 0.29) is 5.97 Å². The molecule has 1 aliphatic rings. The summed E-state index contributed by atoms with van der Waals surface area (Å²) in [6.45, 7) is 0. The molecule has 21 heavy (non-hydrogen) atoms. The highest BCUT2D eigenvalue weighted by atomic mass is 16.5. The summed E-state index contributed by atoms with van der Waals surface area (Å²) in [7, 11) is 1.61. The molecule has 3 rings (SSSR count). The van der Waals surface area contributed by atoms with Crippen molar-refractivity contribution in [3.05, 3.63) is 71.6 Å². The first-order chi connectivity index (χ1) is 10.3. The second-order valence-electron chi connectivity index (χ2n) is 4.51. The van der Waals surface area contributed by atoms with Crippen LogP contribution in [0, 0.1) is 0 Å². The van der Waals surface area contributed by atoms with Crippen LogP contribution < -0.4 is 4.74 Å². The lowest BCUT2D eigenvalue weighted by Crippen LogP contribution is -1.97. The van der Waals surface area contributed by atoms with Gasteiger partial charge in [0.2, 0.25) is 0 Å². The van der Waals surface area contributed by atoms with Crippen molar-refractivity contribution in [2.24, 2.45) is 0 Å². The summed E-state index contributed by atoms with van der Waals surface area (Å²) < 4.78 is 10.4. The van der Waals surface area contributed by atoms with Crippen LogP contribution in [-0.4, -0.2) is 18.1 Å². The number of hydrogen-bond acceptors (Lipinski definition) is 4. The van der Waals surface area contributed by atoms with Gasteiger partial charge in [-0.2, -0.15) is 0 Å². The smallest absolute Gasteiger partial charge is 0.343 e. The molecule has 1 aliphatic heterocycles. The third kappa shape index (κ3) is 2.84. The molecule has 0 saturated heterocycles. The Balaban J connectivity index is 1.89. The van der Waals surface area contributed by atoms with E-state index in [2.05, 4.69) is 4.98 Å². The van der Waals surface area contributed by atoms with Gasteiger partial charge in [-0.3, -0.25) is 4.98 Å². The molecule has 0 unspecified atom stereocenters. The highest BCUT2D eigenvalue weighted by Gasteiger charge is 2.21. The highest BCUT2D eigenvalue weighted by Crippen LogP contribution is 2.28. The molecule has 2 heterocycles.